The first-order chi connectivity index (χ1) is 6.12. The highest BCUT2D eigenvalue weighted by Crippen LogP contribution is 2.24. The highest BCUT2D eigenvalue weighted by molar-refractivity contribution is 9.51. The van der Waals surface area contributed by atoms with Crippen LogP contribution in [0.1, 0.15) is 39.5 Å². The van der Waals surface area contributed by atoms with Gasteiger partial charge in [-0.15, -0.1) is 30.6 Å². The van der Waals surface area contributed by atoms with Gasteiger partial charge in [0.15, 0.2) is 0 Å². The van der Waals surface area contributed by atoms with Crippen molar-refractivity contribution in [2.75, 3.05) is 0 Å². The second-order valence-electron chi connectivity index (χ2n) is 3.06. The minimum Gasteiger partial charge on any atom is -0.100 e. The van der Waals surface area contributed by atoms with Gasteiger partial charge < -0.3 is 0 Å². The van der Waals surface area contributed by atoms with Crippen molar-refractivity contribution in [3.8, 4) is 0 Å². The van der Waals surface area contributed by atoms with Crippen molar-refractivity contribution >= 4 is 35.9 Å². The summed E-state index contributed by atoms with van der Waals surface area (Å²) in [4.78, 5) is 0. The van der Waals surface area contributed by atoms with Gasteiger partial charge in [0.25, 0.3) is 0 Å². The third-order valence-electron chi connectivity index (χ3n) is 1.59. The molecule has 0 N–H and O–H groups in total. The smallest absolute Gasteiger partial charge is 0.100 e. The zero-order chi connectivity index (χ0) is 10.2. The van der Waals surface area contributed by atoms with E-state index in [2.05, 4.69) is 68.0 Å². The number of unbranched alkanes of at least 4 members (excludes halogenated alkanes) is 2. The van der Waals surface area contributed by atoms with Crippen LogP contribution in [-0.4, -0.2) is 5.31 Å². The molecule has 0 nitrogen and oxygen atoms in total. The number of allylic oxidation sites excluding steroid dienone is 2. The molecule has 0 bridgehead atoms. The quantitative estimate of drug-likeness (QED) is 0.475. The molecule has 0 heterocycles. The van der Waals surface area contributed by atoms with Crippen LogP contribution in [0.5, 0.6) is 0 Å². The fraction of sp³-hybridized carbons (Fsp3) is 0.600. The number of hydrogen-bond acceptors (Lipinski definition) is 0. The van der Waals surface area contributed by atoms with Gasteiger partial charge in [-0.3, -0.25) is 0 Å². The molecule has 13 heavy (non-hydrogen) atoms. The Labute approximate surface area is 98.7 Å². The van der Waals surface area contributed by atoms with Crippen LogP contribution in [0.25, 0.3) is 0 Å². The van der Waals surface area contributed by atoms with Gasteiger partial charge in [-0.05, 0) is 12.8 Å². The summed E-state index contributed by atoms with van der Waals surface area (Å²) in [5, 5.41) is -1.51. The molecule has 3 heteroatoms. The molecule has 0 amide bonds. The number of rotatable bonds is 6. The van der Waals surface area contributed by atoms with E-state index >= 15 is 0 Å². The van der Waals surface area contributed by atoms with E-state index < -0.39 is 5.31 Å². The summed E-state index contributed by atoms with van der Waals surface area (Å²) in [5.74, 6) is 0. The summed E-state index contributed by atoms with van der Waals surface area (Å²) in [7, 11) is 0. The lowest BCUT2D eigenvalue weighted by atomic mass is 10.3. The minimum atomic E-state index is -1.51. The van der Waals surface area contributed by atoms with E-state index in [1.807, 2.05) is 0 Å². The van der Waals surface area contributed by atoms with Gasteiger partial charge in [-0.1, -0.05) is 50.2 Å². The van der Waals surface area contributed by atoms with Crippen molar-refractivity contribution in [3.63, 3.8) is 0 Å². The lowest BCUT2D eigenvalue weighted by Crippen LogP contribution is -2.09. The van der Waals surface area contributed by atoms with Crippen molar-refractivity contribution in [2.24, 2.45) is 0 Å². The molecule has 0 atom stereocenters. The molecule has 76 valence electrons. The molecule has 0 unspecified atom stereocenters. The van der Waals surface area contributed by atoms with E-state index in [1.165, 1.54) is 25.7 Å². The maximum absolute atomic E-state index is 3.72. The monoisotopic (exact) mass is 324 g/mol. The van der Waals surface area contributed by atoms with Crippen LogP contribution in [0, 0.1) is 0 Å². The third kappa shape index (κ3) is 8.97. The van der Waals surface area contributed by atoms with E-state index in [0.29, 0.717) is 0 Å². The normalized spacial score (nSPS) is 13.2. The van der Waals surface area contributed by atoms with Gasteiger partial charge in [0.05, 0.1) is 0 Å². The molecule has 0 spiro atoms. The second-order valence-corrected chi connectivity index (χ2v) is 16.1. The Hall–Kier alpha value is 0.657. The van der Waals surface area contributed by atoms with Gasteiger partial charge in [-0.25, -0.2) is 0 Å². The zero-order valence-corrected chi connectivity index (χ0v) is 12.6. The topological polar surface area (TPSA) is 0 Å². The molecular weight excluding hydrogens is 308 g/mol. The Kier molecular flexibility index (Phi) is 8.41. The van der Waals surface area contributed by atoms with Crippen molar-refractivity contribution in [3.05, 3.63) is 23.6 Å². The Bertz CT molecular complexity index is 156. The van der Waals surface area contributed by atoms with Crippen LogP contribution < -0.4 is 0 Å². The maximum atomic E-state index is 3.72. The predicted molar refractivity (Wildman–Crippen MR) is 71.7 cm³/mol. The Morgan fingerprint density at radius 3 is 1.62 bits per heavy atom. The van der Waals surface area contributed by atoms with E-state index in [1.54, 1.807) is 0 Å². The molecule has 0 aliphatic heterocycles. The van der Waals surface area contributed by atoms with E-state index in [-0.39, 0.29) is 0 Å². The second kappa shape index (κ2) is 8.01. The summed E-state index contributed by atoms with van der Waals surface area (Å²) < 4.78 is 0. The maximum Gasteiger partial charge on any atom is 0.245 e. The molecule has 0 saturated heterocycles. The third-order valence-corrected chi connectivity index (χ3v) is 6.12. The van der Waals surface area contributed by atoms with Crippen LogP contribution in [0.2, 0.25) is 0 Å². The lowest BCUT2D eigenvalue weighted by molar-refractivity contribution is 0.959. The average Bonchev–Trinajstić information content (AvgIpc) is 2.05. The zero-order valence-electron chi connectivity index (χ0n) is 8.39. The minimum absolute atomic E-state index is 1.17. The molecule has 0 saturated carbocycles. The Morgan fingerprint density at radius 2 is 1.31 bits per heavy atom. The average molecular weight is 326 g/mol. The van der Waals surface area contributed by atoms with Gasteiger partial charge in [0, 0.05) is 0 Å². The Balaban J connectivity index is 3.91. The predicted octanol–water partition coefficient (Wildman–Crippen LogP) is 5.01. The molecule has 0 fully saturated rings. The summed E-state index contributed by atoms with van der Waals surface area (Å²) in [6, 6.07) is 0. The summed E-state index contributed by atoms with van der Waals surface area (Å²) in [5.41, 5.74) is 4.56. The number of halogens is 2. The fourth-order valence-corrected chi connectivity index (χ4v) is 4.19. The highest BCUT2D eigenvalue weighted by atomic mass is 79.9. The molecule has 0 rings (SSSR count). The number of hydrogen-bond donors (Lipinski definition) is 0. The van der Waals surface area contributed by atoms with Crippen LogP contribution >= 0.6 is 30.6 Å². The molecule has 0 aliphatic carbocycles. The molecule has 0 aliphatic rings. The molecule has 0 aromatic carbocycles. The van der Waals surface area contributed by atoms with Gasteiger partial charge in [0.1, 0.15) is 0 Å². The van der Waals surface area contributed by atoms with Gasteiger partial charge in [0.2, 0.25) is 5.31 Å². The van der Waals surface area contributed by atoms with E-state index in [0.717, 1.165) is 0 Å². The Morgan fingerprint density at radius 1 is 0.923 bits per heavy atom. The van der Waals surface area contributed by atoms with Crippen LogP contribution in [0.4, 0.5) is 0 Å². The summed E-state index contributed by atoms with van der Waals surface area (Å²) in [6.45, 7) is 4.39. The molecule has 0 aromatic heterocycles. The van der Waals surface area contributed by atoms with Crippen LogP contribution in [0.15, 0.2) is 23.6 Å². The highest BCUT2D eigenvalue weighted by Gasteiger charge is 2.17. The van der Waals surface area contributed by atoms with Crippen LogP contribution in [-0.2, 0) is 0 Å². The summed E-state index contributed by atoms with van der Waals surface area (Å²) in [6.07, 6.45) is 9.30. The molecular formula is C10H18Br2Si. The molecule has 0 aromatic rings. The van der Waals surface area contributed by atoms with E-state index in [4.69, 9.17) is 0 Å². The lowest BCUT2D eigenvalue weighted by Gasteiger charge is -2.05. The standard InChI is InChI=1S/C10H18Br2Si/c1-3-5-7-9-13(11,12)10-8-6-4-2/h7-10H,3-6H2,1-2H3. The first kappa shape index (κ1) is 13.7. The van der Waals surface area contributed by atoms with Gasteiger partial charge >= 0.3 is 0 Å². The van der Waals surface area contributed by atoms with Crippen molar-refractivity contribution < 1.29 is 0 Å². The summed E-state index contributed by atoms with van der Waals surface area (Å²) >= 11 is 7.45. The first-order valence-corrected chi connectivity index (χ1v) is 11.5. The van der Waals surface area contributed by atoms with Crippen LogP contribution in [0.3, 0.4) is 0 Å². The van der Waals surface area contributed by atoms with Crippen molar-refractivity contribution in [2.45, 2.75) is 39.5 Å². The largest absolute Gasteiger partial charge is 0.245 e. The van der Waals surface area contributed by atoms with E-state index in [9.17, 15) is 0 Å². The fourth-order valence-electron chi connectivity index (χ4n) is 0.870. The van der Waals surface area contributed by atoms with Crippen molar-refractivity contribution in [1.29, 1.82) is 0 Å². The van der Waals surface area contributed by atoms with Crippen molar-refractivity contribution in [1.82, 2.24) is 0 Å². The molecule has 0 radical (unpaired) electrons. The first-order valence-electron chi connectivity index (χ1n) is 4.85. The SMILES string of the molecule is CCCC=C[Si](Br)(Br)C=CCCC. The van der Waals surface area contributed by atoms with Gasteiger partial charge in [-0.2, -0.15) is 0 Å².